The van der Waals surface area contributed by atoms with E-state index in [-0.39, 0.29) is 6.61 Å². The van der Waals surface area contributed by atoms with Crippen LogP contribution in [0.3, 0.4) is 0 Å². The second kappa shape index (κ2) is 9.15. The van der Waals surface area contributed by atoms with Gasteiger partial charge in [-0.25, -0.2) is 0 Å². The van der Waals surface area contributed by atoms with Crippen LogP contribution in [0.25, 0.3) is 0 Å². The molecule has 0 fully saturated rings. The third-order valence-corrected chi connectivity index (χ3v) is 2.91. The average molecular weight is 294 g/mol. The Morgan fingerprint density at radius 2 is 2.05 bits per heavy atom. The van der Waals surface area contributed by atoms with Crippen molar-refractivity contribution in [2.24, 2.45) is 0 Å². The maximum absolute atomic E-state index is 10.8. The molecule has 0 aliphatic heterocycles. The molecular weight excluding hydrogens is 272 g/mol. The summed E-state index contributed by atoms with van der Waals surface area (Å²) < 4.78 is 15.6. The molecule has 5 heteroatoms. The van der Waals surface area contributed by atoms with Crippen molar-refractivity contribution in [3.63, 3.8) is 0 Å². The monoisotopic (exact) mass is 294 g/mol. The zero-order valence-electron chi connectivity index (χ0n) is 12.5. The molecule has 0 bridgehead atoms. The molecule has 0 saturated heterocycles. The van der Waals surface area contributed by atoms with Gasteiger partial charge in [0.15, 0.2) is 0 Å². The van der Waals surface area contributed by atoms with Gasteiger partial charge in [0.1, 0.15) is 18.5 Å². The Morgan fingerprint density at radius 3 is 2.57 bits per heavy atom. The van der Waals surface area contributed by atoms with Crippen molar-refractivity contribution < 1.29 is 24.1 Å². The fraction of sp³-hybridized carbons (Fsp3) is 0.438. The number of benzene rings is 1. The Hall–Kier alpha value is -1.85. The molecule has 0 heterocycles. The van der Waals surface area contributed by atoms with Crippen molar-refractivity contribution in [3.05, 3.63) is 42.5 Å². The van der Waals surface area contributed by atoms with Crippen LogP contribution in [0.2, 0.25) is 0 Å². The van der Waals surface area contributed by atoms with Crippen molar-refractivity contribution in [3.8, 4) is 5.75 Å². The zero-order valence-corrected chi connectivity index (χ0v) is 12.5. The Labute approximate surface area is 125 Å². The highest BCUT2D eigenvalue weighted by molar-refractivity contribution is 5.65. The van der Waals surface area contributed by atoms with Crippen LogP contribution < -0.4 is 4.74 Å². The number of methoxy groups -OCH3 is 1. The van der Waals surface area contributed by atoms with Crippen LogP contribution >= 0.6 is 0 Å². The molecule has 0 saturated carbocycles. The molecule has 2 atom stereocenters. The minimum absolute atomic E-state index is 0.0869. The van der Waals surface area contributed by atoms with Gasteiger partial charge in [0, 0.05) is 6.92 Å². The van der Waals surface area contributed by atoms with E-state index in [0.29, 0.717) is 13.0 Å². The van der Waals surface area contributed by atoms with Crippen molar-refractivity contribution in [1.82, 2.24) is 0 Å². The largest absolute Gasteiger partial charge is 0.497 e. The first kappa shape index (κ1) is 17.2. The third-order valence-electron chi connectivity index (χ3n) is 2.91. The number of rotatable bonds is 9. The summed E-state index contributed by atoms with van der Waals surface area (Å²) in [5, 5.41) is 9.98. The number of carbonyl (C=O) groups excluding carboxylic acids is 1. The Balaban J connectivity index is 2.52. The van der Waals surface area contributed by atoms with Crippen LogP contribution in [0.15, 0.2) is 36.9 Å². The van der Waals surface area contributed by atoms with Gasteiger partial charge in [-0.2, -0.15) is 0 Å². The maximum atomic E-state index is 10.8. The predicted molar refractivity (Wildman–Crippen MR) is 79.0 cm³/mol. The summed E-state index contributed by atoms with van der Waals surface area (Å²) in [5.41, 5.74) is 0.963. The van der Waals surface area contributed by atoms with E-state index in [0.717, 1.165) is 11.3 Å². The summed E-state index contributed by atoms with van der Waals surface area (Å²) in [6.45, 7) is 5.20. The summed E-state index contributed by atoms with van der Waals surface area (Å²) in [7, 11) is 1.61. The molecule has 0 radical (unpaired) electrons. The van der Waals surface area contributed by atoms with Gasteiger partial charge in [-0.05, 0) is 24.1 Å². The van der Waals surface area contributed by atoms with Crippen LogP contribution in [0, 0.1) is 0 Å². The van der Waals surface area contributed by atoms with E-state index >= 15 is 0 Å². The summed E-state index contributed by atoms with van der Waals surface area (Å²) in [6, 6.07) is 7.47. The van der Waals surface area contributed by atoms with Crippen LogP contribution in [-0.2, 0) is 20.9 Å². The molecule has 1 rings (SSSR count). The lowest BCUT2D eigenvalue weighted by Gasteiger charge is -2.22. The molecule has 116 valence electrons. The number of hydrogen-bond donors (Lipinski definition) is 1. The molecule has 1 N–H and O–H groups in total. The van der Waals surface area contributed by atoms with Crippen LogP contribution in [0.1, 0.15) is 18.9 Å². The molecule has 5 nitrogen and oxygen atoms in total. The molecule has 1 aromatic carbocycles. The summed E-state index contributed by atoms with van der Waals surface area (Å²) in [6.07, 6.45) is 0.781. The normalized spacial score (nSPS) is 13.3. The molecule has 0 aliphatic carbocycles. The van der Waals surface area contributed by atoms with Gasteiger partial charge in [-0.3, -0.25) is 4.79 Å². The Bertz CT molecular complexity index is 440. The maximum Gasteiger partial charge on any atom is 0.302 e. The Morgan fingerprint density at radius 1 is 1.38 bits per heavy atom. The second-order valence-electron chi connectivity index (χ2n) is 4.59. The molecule has 0 aromatic heterocycles. The van der Waals surface area contributed by atoms with Gasteiger partial charge in [0.25, 0.3) is 0 Å². The number of carbonyl (C=O) groups is 1. The second-order valence-corrected chi connectivity index (χ2v) is 4.59. The molecule has 21 heavy (non-hydrogen) atoms. The predicted octanol–water partition coefficient (Wildman–Crippen LogP) is 2.08. The smallest absolute Gasteiger partial charge is 0.302 e. The number of aliphatic hydroxyl groups is 1. The standard InChI is InChI=1S/C16H22O5/c1-4-5-16(15(18)11-20-12(2)17)21-10-13-6-8-14(19-3)9-7-13/h4,6-9,15-16,18H,1,5,10-11H2,2-3H3/t15-,16+/m1/s1. The van der Waals surface area contributed by atoms with Gasteiger partial charge in [-0.15, -0.1) is 6.58 Å². The Kier molecular flexibility index (Phi) is 7.50. The van der Waals surface area contributed by atoms with Crippen molar-refractivity contribution in [2.75, 3.05) is 13.7 Å². The molecule has 0 spiro atoms. The molecular formula is C16H22O5. The SMILES string of the molecule is C=CC[C@H](OCc1ccc(OC)cc1)[C@H](O)COC(C)=O. The highest BCUT2D eigenvalue weighted by atomic mass is 16.5. The van der Waals surface area contributed by atoms with Gasteiger partial charge in [0.2, 0.25) is 0 Å². The van der Waals surface area contributed by atoms with Crippen LogP contribution in [0.5, 0.6) is 5.75 Å². The van der Waals surface area contributed by atoms with Crippen molar-refractivity contribution in [1.29, 1.82) is 0 Å². The lowest BCUT2D eigenvalue weighted by atomic mass is 10.1. The van der Waals surface area contributed by atoms with E-state index in [2.05, 4.69) is 6.58 Å². The quantitative estimate of drug-likeness (QED) is 0.558. The zero-order chi connectivity index (χ0) is 15.7. The molecule has 1 aromatic rings. The van der Waals surface area contributed by atoms with Crippen molar-refractivity contribution in [2.45, 2.75) is 32.2 Å². The fourth-order valence-corrected chi connectivity index (χ4v) is 1.74. The number of aliphatic hydroxyl groups excluding tert-OH is 1. The minimum Gasteiger partial charge on any atom is -0.497 e. The number of esters is 1. The molecule has 0 amide bonds. The molecule has 0 aliphatic rings. The molecule has 0 unspecified atom stereocenters. The first-order valence-electron chi connectivity index (χ1n) is 6.73. The van der Waals surface area contributed by atoms with E-state index in [1.807, 2.05) is 24.3 Å². The van der Waals surface area contributed by atoms with Gasteiger partial charge in [-0.1, -0.05) is 18.2 Å². The highest BCUT2D eigenvalue weighted by Gasteiger charge is 2.20. The summed E-state index contributed by atoms with van der Waals surface area (Å²) in [4.78, 5) is 10.8. The average Bonchev–Trinajstić information content (AvgIpc) is 2.49. The summed E-state index contributed by atoms with van der Waals surface area (Å²) >= 11 is 0. The fourth-order valence-electron chi connectivity index (χ4n) is 1.74. The number of hydrogen-bond acceptors (Lipinski definition) is 5. The lowest BCUT2D eigenvalue weighted by molar-refractivity contribution is -0.148. The van der Waals surface area contributed by atoms with E-state index in [1.165, 1.54) is 6.92 Å². The minimum atomic E-state index is -0.884. The first-order chi connectivity index (χ1) is 10.1. The van der Waals surface area contributed by atoms with E-state index in [4.69, 9.17) is 14.2 Å². The number of ether oxygens (including phenoxy) is 3. The van der Waals surface area contributed by atoms with Gasteiger partial charge >= 0.3 is 5.97 Å². The topological polar surface area (TPSA) is 65.0 Å². The lowest BCUT2D eigenvalue weighted by Crippen LogP contribution is -2.33. The van der Waals surface area contributed by atoms with Gasteiger partial charge < -0.3 is 19.3 Å². The van der Waals surface area contributed by atoms with E-state index in [1.54, 1.807) is 13.2 Å². The van der Waals surface area contributed by atoms with Crippen LogP contribution in [-0.4, -0.2) is 37.0 Å². The van der Waals surface area contributed by atoms with Crippen LogP contribution in [0.4, 0.5) is 0 Å². The summed E-state index contributed by atoms with van der Waals surface area (Å²) in [5.74, 6) is 0.345. The van der Waals surface area contributed by atoms with E-state index < -0.39 is 18.2 Å². The first-order valence-corrected chi connectivity index (χ1v) is 6.73. The van der Waals surface area contributed by atoms with Crippen molar-refractivity contribution >= 4 is 5.97 Å². The van der Waals surface area contributed by atoms with E-state index in [9.17, 15) is 9.90 Å². The third kappa shape index (κ3) is 6.42. The van der Waals surface area contributed by atoms with Gasteiger partial charge in [0.05, 0.1) is 19.8 Å². The highest BCUT2D eigenvalue weighted by Crippen LogP contribution is 2.14.